The molecule has 0 spiro atoms. The quantitative estimate of drug-likeness (QED) is 0.413. The maximum absolute atomic E-state index is 13.7. The van der Waals surface area contributed by atoms with Gasteiger partial charge in [0.15, 0.2) is 0 Å². The van der Waals surface area contributed by atoms with Gasteiger partial charge in [-0.05, 0) is 13.3 Å². The lowest BCUT2D eigenvalue weighted by Crippen LogP contribution is -2.52. The molecule has 4 N–H and O–H groups in total. The van der Waals surface area contributed by atoms with Crippen molar-refractivity contribution in [1.29, 1.82) is 0 Å². The number of hydrogen-bond acceptors (Lipinski definition) is 5. The first kappa shape index (κ1) is 17.3. The van der Waals surface area contributed by atoms with Gasteiger partial charge in [0.05, 0.1) is 18.9 Å². The summed E-state index contributed by atoms with van der Waals surface area (Å²) in [5, 5.41) is 22.0. The minimum atomic E-state index is -3.57. The number of hydrogen-bond donors (Lipinski definition) is 4. The molecule has 0 aromatic carbocycles. The van der Waals surface area contributed by atoms with Gasteiger partial charge in [-0.1, -0.05) is 0 Å². The number of urea groups is 1. The third-order valence-corrected chi connectivity index (χ3v) is 3.10. The van der Waals surface area contributed by atoms with Gasteiger partial charge in [-0.3, -0.25) is 10.1 Å². The lowest BCUT2D eigenvalue weighted by atomic mass is 10.1. The van der Waals surface area contributed by atoms with Crippen LogP contribution < -0.4 is 10.6 Å². The van der Waals surface area contributed by atoms with Crippen molar-refractivity contribution in [1.82, 2.24) is 10.6 Å². The van der Waals surface area contributed by atoms with E-state index in [2.05, 4.69) is 0 Å². The summed E-state index contributed by atoms with van der Waals surface area (Å²) in [6.07, 6.45) is -0.331. The minimum absolute atomic E-state index is 0.291. The molecule has 3 amide bonds. The van der Waals surface area contributed by atoms with Crippen molar-refractivity contribution in [3.63, 3.8) is 0 Å². The highest BCUT2D eigenvalue weighted by atomic mass is 19.3. The molecule has 3 atom stereocenters. The minimum Gasteiger partial charge on any atom is -0.501 e. The Kier molecular flexibility index (Phi) is 6.03. The first-order chi connectivity index (χ1) is 9.82. The molecular weight excluding hydrogens is 290 g/mol. The molecule has 120 valence electrons. The Morgan fingerprint density at radius 3 is 2.67 bits per heavy atom. The number of halogens is 2. The van der Waals surface area contributed by atoms with Gasteiger partial charge in [0, 0.05) is 18.6 Å². The van der Waals surface area contributed by atoms with Gasteiger partial charge in [0.25, 0.3) is 11.8 Å². The average molecular weight is 308 g/mol. The number of ether oxygens (including phenoxy) is 1. The van der Waals surface area contributed by atoms with Gasteiger partial charge in [-0.25, -0.2) is 13.6 Å². The summed E-state index contributed by atoms with van der Waals surface area (Å²) >= 11 is 0. The molecule has 1 fully saturated rings. The molecule has 1 rings (SSSR count). The van der Waals surface area contributed by atoms with E-state index in [0.29, 0.717) is 6.61 Å². The average Bonchev–Trinajstić information content (AvgIpc) is 2.62. The number of nitrogens with one attached hydrogen (secondary N) is 2. The van der Waals surface area contributed by atoms with Gasteiger partial charge >= 0.3 is 6.03 Å². The van der Waals surface area contributed by atoms with Crippen LogP contribution in [0, 0.1) is 5.92 Å². The normalized spacial score (nSPS) is 27.6. The Bertz CT molecular complexity index is 416. The predicted molar refractivity (Wildman–Crippen MR) is 67.4 cm³/mol. The molecule has 7 nitrogen and oxygen atoms in total. The summed E-state index contributed by atoms with van der Waals surface area (Å²) in [5.41, 5.74) is 0. The van der Waals surface area contributed by atoms with Crippen molar-refractivity contribution in [2.24, 2.45) is 5.92 Å². The van der Waals surface area contributed by atoms with Gasteiger partial charge in [0.2, 0.25) is 0 Å². The number of rotatable bonds is 5. The van der Waals surface area contributed by atoms with Crippen molar-refractivity contribution in [3.8, 4) is 0 Å². The molecule has 1 saturated carbocycles. The highest BCUT2D eigenvalue weighted by molar-refractivity contribution is 6.00. The van der Waals surface area contributed by atoms with E-state index in [1.807, 2.05) is 10.6 Å². The lowest BCUT2D eigenvalue weighted by molar-refractivity contribution is -0.117. The van der Waals surface area contributed by atoms with E-state index < -0.39 is 42.5 Å². The largest absolute Gasteiger partial charge is 0.501 e. The van der Waals surface area contributed by atoms with Crippen LogP contribution in [-0.2, 0) is 9.53 Å². The van der Waals surface area contributed by atoms with Crippen molar-refractivity contribution in [3.05, 3.63) is 12.3 Å². The fourth-order valence-corrected chi connectivity index (χ4v) is 1.99. The SMILES string of the molecule is CCOC=CC(=O)NC(=O)N[C@@H]1C[C@H](CO)[C@@H](O)C1(F)F. The molecule has 9 heteroatoms. The molecule has 0 radical (unpaired) electrons. The van der Waals surface area contributed by atoms with Gasteiger partial charge in [-0.15, -0.1) is 0 Å². The molecule has 21 heavy (non-hydrogen) atoms. The second-order valence-electron chi connectivity index (χ2n) is 4.57. The number of amides is 3. The van der Waals surface area contributed by atoms with Crippen molar-refractivity contribution in [2.75, 3.05) is 13.2 Å². The van der Waals surface area contributed by atoms with Crippen molar-refractivity contribution in [2.45, 2.75) is 31.4 Å². The fraction of sp³-hybridized carbons (Fsp3) is 0.667. The summed E-state index contributed by atoms with van der Waals surface area (Å²) in [6, 6.07) is -2.77. The number of carbonyl (C=O) groups is 2. The zero-order chi connectivity index (χ0) is 16.0. The summed E-state index contributed by atoms with van der Waals surface area (Å²) in [4.78, 5) is 22.7. The van der Waals surface area contributed by atoms with Crippen LogP contribution in [-0.4, -0.2) is 53.4 Å². The van der Waals surface area contributed by atoms with Gasteiger partial charge < -0.3 is 20.3 Å². The highest BCUT2D eigenvalue weighted by Crippen LogP contribution is 2.39. The third kappa shape index (κ3) is 4.36. The molecule has 0 saturated heterocycles. The van der Waals surface area contributed by atoms with Crippen LogP contribution in [0.1, 0.15) is 13.3 Å². The Hall–Kier alpha value is -1.74. The number of carbonyl (C=O) groups excluding carboxylic acids is 2. The van der Waals surface area contributed by atoms with Crippen LogP contribution in [0.4, 0.5) is 13.6 Å². The Morgan fingerprint density at radius 2 is 2.14 bits per heavy atom. The van der Waals surface area contributed by atoms with Crippen LogP contribution in [0.3, 0.4) is 0 Å². The summed E-state index contributed by atoms with van der Waals surface area (Å²) in [7, 11) is 0. The zero-order valence-electron chi connectivity index (χ0n) is 11.4. The lowest BCUT2D eigenvalue weighted by Gasteiger charge is -2.22. The van der Waals surface area contributed by atoms with E-state index in [0.717, 1.165) is 12.3 Å². The van der Waals surface area contributed by atoms with E-state index in [1.165, 1.54) is 0 Å². The summed E-state index contributed by atoms with van der Waals surface area (Å²) < 4.78 is 32.1. The topological polar surface area (TPSA) is 108 Å². The van der Waals surface area contributed by atoms with Gasteiger partial charge in [0.1, 0.15) is 6.10 Å². The molecule has 0 heterocycles. The van der Waals surface area contributed by atoms with Crippen LogP contribution in [0.2, 0.25) is 0 Å². The van der Waals surface area contributed by atoms with E-state index in [9.17, 15) is 23.5 Å². The Labute approximate surface area is 120 Å². The van der Waals surface area contributed by atoms with E-state index in [4.69, 9.17) is 9.84 Å². The Balaban J connectivity index is 2.53. The van der Waals surface area contributed by atoms with Crippen molar-refractivity contribution < 1.29 is 33.3 Å². The van der Waals surface area contributed by atoms with Crippen LogP contribution in [0.5, 0.6) is 0 Å². The number of aliphatic hydroxyl groups excluding tert-OH is 2. The molecule has 0 aliphatic heterocycles. The third-order valence-electron chi connectivity index (χ3n) is 3.10. The van der Waals surface area contributed by atoms with E-state index in [1.54, 1.807) is 6.92 Å². The number of aliphatic hydroxyl groups is 2. The summed E-state index contributed by atoms with van der Waals surface area (Å²) in [6.45, 7) is 1.41. The van der Waals surface area contributed by atoms with E-state index in [-0.39, 0.29) is 6.42 Å². The second kappa shape index (κ2) is 7.32. The van der Waals surface area contributed by atoms with Crippen LogP contribution in [0.15, 0.2) is 12.3 Å². The predicted octanol–water partition coefficient (Wildman–Crippen LogP) is -0.261. The molecule has 0 aromatic rings. The van der Waals surface area contributed by atoms with Crippen LogP contribution in [0.25, 0.3) is 0 Å². The standard InChI is InChI=1S/C12H18F2N2O5/c1-2-21-4-3-9(18)16-11(20)15-8-5-7(6-17)10(19)12(8,13)14/h3-4,7-8,10,17,19H,2,5-6H2,1H3,(H2,15,16,18,20)/t7-,8-,10-/m1/s1. The molecule has 0 bridgehead atoms. The molecule has 1 aliphatic carbocycles. The molecular formula is C12H18F2N2O5. The first-order valence-electron chi connectivity index (χ1n) is 6.39. The summed E-state index contributed by atoms with van der Waals surface area (Å²) in [5.74, 6) is -5.44. The molecule has 0 unspecified atom stereocenters. The van der Waals surface area contributed by atoms with Gasteiger partial charge in [-0.2, -0.15) is 0 Å². The molecule has 1 aliphatic rings. The van der Waals surface area contributed by atoms with E-state index >= 15 is 0 Å². The fourth-order valence-electron chi connectivity index (χ4n) is 1.99. The monoisotopic (exact) mass is 308 g/mol. The van der Waals surface area contributed by atoms with Crippen LogP contribution >= 0.6 is 0 Å². The first-order valence-corrected chi connectivity index (χ1v) is 6.39. The smallest absolute Gasteiger partial charge is 0.322 e. The van der Waals surface area contributed by atoms with Crippen molar-refractivity contribution >= 4 is 11.9 Å². The Morgan fingerprint density at radius 1 is 1.48 bits per heavy atom. The molecule has 0 aromatic heterocycles. The highest BCUT2D eigenvalue weighted by Gasteiger charge is 2.57. The zero-order valence-corrected chi connectivity index (χ0v) is 11.4. The maximum Gasteiger partial charge on any atom is 0.322 e. The number of imide groups is 1. The second-order valence-corrected chi connectivity index (χ2v) is 4.57. The maximum atomic E-state index is 13.7. The number of alkyl halides is 2.